The third kappa shape index (κ3) is 8.73. The van der Waals surface area contributed by atoms with E-state index < -0.39 is 0 Å². The third-order valence-electron chi connectivity index (χ3n) is 10.5. The van der Waals surface area contributed by atoms with Crippen molar-refractivity contribution in [2.75, 3.05) is 4.90 Å². The van der Waals surface area contributed by atoms with Crippen molar-refractivity contribution in [3.63, 3.8) is 0 Å². The van der Waals surface area contributed by atoms with Crippen molar-refractivity contribution in [2.45, 2.75) is 125 Å². The van der Waals surface area contributed by atoms with Crippen molar-refractivity contribution in [3.05, 3.63) is 113 Å². The Morgan fingerprint density at radius 3 is 2.02 bits per heavy atom. The normalized spacial score (nSPS) is 17.2. The molecule has 0 saturated heterocycles. The van der Waals surface area contributed by atoms with Crippen molar-refractivity contribution in [3.8, 4) is 0 Å². The average molecular weight is 602 g/mol. The molecular formula is C44H59N. The van der Waals surface area contributed by atoms with Gasteiger partial charge in [-0.1, -0.05) is 135 Å². The number of hydrogen-bond acceptors (Lipinski definition) is 1. The van der Waals surface area contributed by atoms with E-state index in [1.54, 1.807) is 0 Å². The first-order valence-corrected chi connectivity index (χ1v) is 17.9. The highest BCUT2D eigenvalue weighted by Crippen LogP contribution is 2.44. The molecule has 45 heavy (non-hydrogen) atoms. The van der Waals surface area contributed by atoms with Crippen LogP contribution in [0.4, 0.5) is 11.4 Å². The second-order valence-corrected chi connectivity index (χ2v) is 14.8. The minimum Gasteiger partial charge on any atom is -0.314 e. The molecule has 4 rings (SSSR count). The summed E-state index contributed by atoms with van der Waals surface area (Å²) >= 11 is 0. The zero-order chi connectivity index (χ0) is 32.5. The molecule has 2 aliphatic rings. The molecule has 2 unspecified atom stereocenters. The summed E-state index contributed by atoms with van der Waals surface area (Å²) in [5, 5.41) is 0. The fourth-order valence-corrected chi connectivity index (χ4v) is 6.85. The lowest BCUT2D eigenvalue weighted by molar-refractivity contribution is 0.333. The predicted molar refractivity (Wildman–Crippen MR) is 198 cm³/mol. The smallest absolute Gasteiger partial charge is 0.0546 e. The first-order valence-electron chi connectivity index (χ1n) is 17.9. The summed E-state index contributed by atoms with van der Waals surface area (Å²) in [6.45, 7) is 18.9. The van der Waals surface area contributed by atoms with Crippen LogP contribution >= 0.6 is 0 Å². The van der Waals surface area contributed by atoms with Crippen LogP contribution in [0.5, 0.6) is 0 Å². The molecule has 1 heteroatoms. The van der Waals surface area contributed by atoms with Crippen molar-refractivity contribution in [1.82, 2.24) is 0 Å². The molecule has 0 N–H and O–H groups in total. The lowest BCUT2D eigenvalue weighted by atomic mass is 9.74. The van der Waals surface area contributed by atoms with Gasteiger partial charge in [-0.2, -0.15) is 0 Å². The van der Waals surface area contributed by atoms with Crippen LogP contribution in [0.25, 0.3) is 5.57 Å². The van der Waals surface area contributed by atoms with Gasteiger partial charge in [-0.05, 0) is 97.8 Å². The van der Waals surface area contributed by atoms with Crippen LogP contribution in [0.15, 0.2) is 102 Å². The molecule has 240 valence electrons. The van der Waals surface area contributed by atoms with Gasteiger partial charge in [0.15, 0.2) is 0 Å². The number of anilines is 2. The number of nitrogens with zero attached hydrogens (tertiary/aromatic N) is 1. The van der Waals surface area contributed by atoms with E-state index in [-0.39, 0.29) is 10.8 Å². The van der Waals surface area contributed by atoms with Crippen molar-refractivity contribution in [2.24, 2.45) is 17.3 Å². The Hall–Kier alpha value is -3.24. The van der Waals surface area contributed by atoms with Gasteiger partial charge >= 0.3 is 0 Å². The summed E-state index contributed by atoms with van der Waals surface area (Å²) in [5.74, 6) is 1.49. The van der Waals surface area contributed by atoms with Crippen LogP contribution in [0, 0.1) is 17.3 Å². The second-order valence-electron chi connectivity index (χ2n) is 14.8. The van der Waals surface area contributed by atoms with Crippen LogP contribution in [-0.4, -0.2) is 0 Å². The van der Waals surface area contributed by atoms with Gasteiger partial charge in [0.1, 0.15) is 0 Å². The molecule has 2 atom stereocenters. The molecule has 2 aromatic rings. The molecule has 1 nitrogen and oxygen atoms in total. The van der Waals surface area contributed by atoms with Gasteiger partial charge in [0.2, 0.25) is 0 Å². The van der Waals surface area contributed by atoms with E-state index in [0.717, 1.165) is 43.1 Å². The van der Waals surface area contributed by atoms with E-state index in [2.05, 4.69) is 151 Å². The van der Waals surface area contributed by atoms with Crippen LogP contribution < -0.4 is 4.90 Å². The summed E-state index contributed by atoms with van der Waals surface area (Å²) in [5.41, 5.74) is 16.5. The van der Waals surface area contributed by atoms with E-state index in [4.69, 9.17) is 0 Å². The van der Waals surface area contributed by atoms with Gasteiger partial charge in [-0.25, -0.2) is 0 Å². The fourth-order valence-electron chi connectivity index (χ4n) is 6.85. The second kappa shape index (κ2) is 15.9. The van der Waals surface area contributed by atoms with Gasteiger partial charge in [0.25, 0.3) is 0 Å². The highest BCUT2D eigenvalue weighted by atomic mass is 15.2. The van der Waals surface area contributed by atoms with Gasteiger partial charge in [-0.3, -0.25) is 0 Å². The Labute approximate surface area is 276 Å². The van der Waals surface area contributed by atoms with Gasteiger partial charge in [0.05, 0.1) is 5.69 Å². The summed E-state index contributed by atoms with van der Waals surface area (Å²) < 4.78 is 0. The first-order chi connectivity index (χ1) is 21.6. The van der Waals surface area contributed by atoms with Crippen LogP contribution in [0.3, 0.4) is 0 Å². The Morgan fingerprint density at radius 1 is 0.800 bits per heavy atom. The number of para-hydroxylation sites is 1. The van der Waals surface area contributed by atoms with Gasteiger partial charge in [-0.15, -0.1) is 0 Å². The lowest BCUT2D eigenvalue weighted by Gasteiger charge is -2.34. The van der Waals surface area contributed by atoms with E-state index >= 15 is 0 Å². The number of benzene rings is 2. The maximum absolute atomic E-state index is 3.68. The third-order valence-corrected chi connectivity index (χ3v) is 10.5. The van der Waals surface area contributed by atoms with Crippen LogP contribution in [0.2, 0.25) is 0 Å². The molecule has 2 aliphatic carbocycles. The molecule has 0 aromatic heterocycles. The van der Waals surface area contributed by atoms with E-state index in [9.17, 15) is 0 Å². The molecule has 0 bridgehead atoms. The molecule has 0 saturated carbocycles. The molecular weight excluding hydrogens is 542 g/mol. The van der Waals surface area contributed by atoms with Gasteiger partial charge in [0, 0.05) is 33.5 Å². The number of allylic oxidation sites excluding steroid dienone is 8. The molecule has 0 radical (unpaired) electrons. The zero-order valence-electron chi connectivity index (χ0n) is 29.7. The molecule has 2 aromatic carbocycles. The number of rotatable bonds is 16. The monoisotopic (exact) mass is 601 g/mol. The molecule has 0 spiro atoms. The highest BCUT2D eigenvalue weighted by Gasteiger charge is 2.29. The molecule has 0 heterocycles. The lowest BCUT2D eigenvalue weighted by Crippen LogP contribution is -2.23. The van der Waals surface area contributed by atoms with Gasteiger partial charge < -0.3 is 4.90 Å². The fraction of sp³-hybridized carbons (Fsp3) is 0.500. The van der Waals surface area contributed by atoms with Crippen LogP contribution in [0.1, 0.15) is 131 Å². The highest BCUT2D eigenvalue weighted by molar-refractivity contribution is 5.87. The van der Waals surface area contributed by atoms with Crippen molar-refractivity contribution >= 4 is 16.9 Å². The summed E-state index contributed by atoms with van der Waals surface area (Å²) in [7, 11) is 0. The Morgan fingerprint density at radius 2 is 1.47 bits per heavy atom. The molecule has 0 aliphatic heterocycles. The minimum absolute atomic E-state index is 0.129. The average Bonchev–Trinajstić information content (AvgIpc) is 3.05. The van der Waals surface area contributed by atoms with Crippen molar-refractivity contribution < 1.29 is 0 Å². The first kappa shape index (κ1) is 34.6. The van der Waals surface area contributed by atoms with E-state index in [1.807, 2.05) is 0 Å². The predicted octanol–water partition coefficient (Wildman–Crippen LogP) is 13.4. The topological polar surface area (TPSA) is 3.24 Å². The summed E-state index contributed by atoms with van der Waals surface area (Å²) in [6, 6.07) is 18.2. The van der Waals surface area contributed by atoms with Crippen molar-refractivity contribution in [1.29, 1.82) is 0 Å². The van der Waals surface area contributed by atoms with Crippen LogP contribution in [-0.2, 0) is 5.41 Å². The summed E-state index contributed by atoms with van der Waals surface area (Å²) in [4.78, 5) is 2.51. The Bertz CT molecular complexity index is 1470. The van der Waals surface area contributed by atoms with E-state index in [1.165, 1.54) is 72.3 Å². The quantitative estimate of drug-likeness (QED) is 0.173. The molecule has 0 fully saturated rings. The van der Waals surface area contributed by atoms with E-state index in [0.29, 0.717) is 0 Å². The summed E-state index contributed by atoms with van der Waals surface area (Å²) in [6.07, 6.45) is 23.2. The SMILES string of the molecule is CCC(C)(CCCC(C)C)C1=C=C=C(c2ccc(C(C)(CC)CCCC(C)C)cc2N(C2=CC=CCC2)c2ccccc2)C=C1. The largest absolute Gasteiger partial charge is 0.314 e. The standard InChI is InChI=1S/C44H59N/c1-9-43(7,31-17-19-34(3)4)37-27-25-36(26-28-37)41-30-29-38(44(8,10-2)32-18-20-35(5)6)33-42(41)45(39-21-13-11-14-22-39)40-23-15-12-16-24-40/h11-15,21-23,25,27,29-30,33-35H,9-10,16-20,24,31-32H2,1-8H3. The zero-order valence-corrected chi connectivity index (χ0v) is 29.7. The maximum Gasteiger partial charge on any atom is 0.0546 e. The Kier molecular flexibility index (Phi) is 12.2. The maximum atomic E-state index is 3.68. The Balaban J connectivity index is 1.87. The number of hydrogen-bond donors (Lipinski definition) is 0. The molecule has 0 amide bonds. The minimum atomic E-state index is 0.129.